The van der Waals surface area contributed by atoms with Gasteiger partial charge in [0.05, 0.1) is 5.69 Å². The van der Waals surface area contributed by atoms with Crippen LogP contribution >= 0.6 is 0 Å². The van der Waals surface area contributed by atoms with Gasteiger partial charge in [-0.3, -0.25) is 4.68 Å². The van der Waals surface area contributed by atoms with E-state index in [1.165, 1.54) is 0 Å². The minimum absolute atomic E-state index is 0.516. The van der Waals surface area contributed by atoms with E-state index in [0.717, 1.165) is 28.3 Å². The van der Waals surface area contributed by atoms with Crippen LogP contribution in [0.5, 0.6) is 11.5 Å². The third-order valence-electron chi connectivity index (χ3n) is 3.06. The number of nitrogens with two attached hydrogens (primary N) is 1. The zero-order valence-corrected chi connectivity index (χ0v) is 10.4. The minimum Gasteiger partial charge on any atom is -0.486 e. The molecule has 3 rings (SSSR count). The smallest absolute Gasteiger partial charge is 0.162 e. The van der Waals surface area contributed by atoms with Crippen molar-refractivity contribution in [2.45, 2.75) is 6.92 Å². The maximum absolute atomic E-state index is 5.72. The van der Waals surface area contributed by atoms with Crippen LogP contribution in [0.3, 0.4) is 0 Å². The first-order valence-electron chi connectivity index (χ1n) is 5.85. The number of anilines is 1. The second kappa shape index (κ2) is 3.94. The molecule has 1 aromatic heterocycles. The van der Waals surface area contributed by atoms with Gasteiger partial charge in [-0.25, -0.2) is 0 Å². The molecule has 94 valence electrons. The van der Waals surface area contributed by atoms with Crippen LogP contribution in [0.4, 0.5) is 5.82 Å². The highest BCUT2D eigenvalue weighted by Crippen LogP contribution is 2.37. The van der Waals surface area contributed by atoms with E-state index in [4.69, 9.17) is 15.2 Å². The lowest BCUT2D eigenvalue weighted by Crippen LogP contribution is -2.15. The van der Waals surface area contributed by atoms with Crippen LogP contribution in [0.15, 0.2) is 18.2 Å². The summed E-state index contributed by atoms with van der Waals surface area (Å²) in [5.74, 6) is 2.10. The summed E-state index contributed by atoms with van der Waals surface area (Å²) in [6.45, 7) is 3.23. The highest BCUT2D eigenvalue weighted by atomic mass is 16.6. The average Bonchev–Trinajstić information content (AvgIpc) is 2.67. The number of hydrogen-bond donors (Lipinski definition) is 1. The summed E-state index contributed by atoms with van der Waals surface area (Å²) in [7, 11) is 1.88. The number of benzene rings is 1. The summed E-state index contributed by atoms with van der Waals surface area (Å²) in [6.07, 6.45) is 0. The molecule has 0 fully saturated rings. The largest absolute Gasteiger partial charge is 0.486 e. The number of ether oxygens (including phenoxy) is 2. The van der Waals surface area contributed by atoms with Crippen LogP contribution in [0.25, 0.3) is 11.3 Å². The molecule has 1 aromatic carbocycles. The van der Waals surface area contributed by atoms with E-state index in [9.17, 15) is 0 Å². The summed E-state index contributed by atoms with van der Waals surface area (Å²) >= 11 is 0. The Bertz CT molecular complexity index is 605. The topological polar surface area (TPSA) is 62.3 Å². The average molecular weight is 245 g/mol. The van der Waals surface area contributed by atoms with Crippen molar-refractivity contribution < 1.29 is 9.47 Å². The molecule has 2 heterocycles. The Kier molecular flexibility index (Phi) is 2.40. The highest BCUT2D eigenvalue weighted by Gasteiger charge is 2.16. The van der Waals surface area contributed by atoms with Gasteiger partial charge in [0.15, 0.2) is 11.5 Å². The SMILES string of the molecule is Cc1cc2c(cc1-c1cc(N)nn1C)OCCO2. The second-order valence-corrected chi connectivity index (χ2v) is 4.39. The third-order valence-corrected chi connectivity index (χ3v) is 3.06. The summed E-state index contributed by atoms with van der Waals surface area (Å²) in [5.41, 5.74) is 8.87. The van der Waals surface area contributed by atoms with Crippen molar-refractivity contribution in [2.24, 2.45) is 7.05 Å². The van der Waals surface area contributed by atoms with Crippen molar-refractivity contribution >= 4 is 5.82 Å². The predicted molar refractivity (Wildman–Crippen MR) is 68.8 cm³/mol. The fourth-order valence-corrected chi connectivity index (χ4v) is 2.21. The lowest BCUT2D eigenvalue weighted by molar-refractivity contribution is 0.171. The fourth-order valence-electron chi connectivity index (χ4n) is 2.21. The maximum Gasteiger partial charge on any atom is 0.162 e. The van der Waals surface area contributed by atoms with E-state index in [2.05, 4.69) is 5.10 Å². The van der Waals surface area contributed by atoms with Gasteiger partial charge in [0.1, 0.15) is 19.0 Å². The first-order chi connectivity index (χ1) is 8.65. The molecule has 18 heavy (non-hydrogen) atoms. The molecule has 0 saturated carbocycles. The Morgan fingerprint density at radius 1 is 1.17 bits per heavy atom. The summed E-state index contributed by atoms with van der Waals surface area (Å²) in [6, 6.07) is 5.84. The van der Waals surface area contributed by atoms with Crippen molar-refractivity contribution in [1.82, 2.24) is 9.78 Å². The molecule has 0 spiro atoms. The molecular weight excluding hydrogens is 230 g/mol. The molecule has 0 radical (unpaired) electrons. The molecule has 0 unspecified atom stereocenters. The summed E-state index contributed by atoms with van der Waals surface area (Å²) < 4.78 is 12.9. The van der Waals surface area contributed by atoms with Crippen molar-refractivity contribution in [2.75, 3.05) is 18.9 Å². The zero-order chi connectivity index (χ0) is 12.7. The monoisotopic (exact) mass is 245 g/mol. The standard InChI is InChI=1S/C13H15N3O2/c1-8-5-11-12(18-4-3-17-11)6-9(8)10-7-13(14)15-16(10)2/h5-7H,3-4H2,1-2H3,(H2,14,15). The molecule has 1 aliphatic heterocycles. The maximum atomic E-state index is 5.72. The van der Waals surface area contributed by atoms with Crippen molar-refractivity contribution in [3.8, 4) is 22.8 Å². The normalized spacial score (nSPS) is 13.7. The van der Waals surface area contributed by atoms with Crippen LogP contribution in [0.2, 0.25) is 0 Å². The van der Waals surface area contributed by atoms with Gasteiger partial charge < -0.3 is 15.2 Å². The van der Waals surface area contributed by atoms with E-state index < -0.39 is 0 Å². The van der Waals surface area contributed by atoms with Crippen LogP contribution in [0.1, 0.15) is 5.56 Å². The van der Waals surface area contributed by atoms with Crippen molar-refractivity contribution in [3.63, 3.8) is 0 Å². The molecule has 1 aliphatic rings. The Balaban J connectivity index is 2.15. The Labute approximate surface area is 105 Å². The summed E-state index contributed by atoms with van der Waals surface area (Å²) in [5, 5.41) is 4.16. The lowest BCUT2D eigenvalue weighted by atomic mass is 10.0. The first-order valence-corrected chi connectivity index (χ1v) is 5.85. The predicted octanol–water partition coefficient (Wildman–Crippen LogP) is 1.75. The van der Waals surface area contributed by atoms with Gasteiger partial charge in [-0.15, -0.1) is 0 Å². The van der Waals surface area contributed by atoms with Gasteiger partial charge >= 0.3 is 0 Å². The van der Waals surface area contributed by atoms with Crippen LogP contribution < -0.4 is 15.2 Å². The molecule has 0 atom stereocenters. The lowest BCUT2D eigenvalue weighted by Gasteiger charge is -2.20. The van der Waals surface area contributed by atoms with E-state index in [1.54, 1.807) is 4.68 Å². The number of aryl methyl sites for hydroxylation is 2. The molecule has 5 heteroatoms. The second-order valence-electron chi connectivity index (χ2n) is 4.39. The number of fused-ring (bicyclic) bond motifs is 1. The van der Waals surface area contributed by atoms with Crippen LogP contribution in [-0.2, 0) is 7.05 Å². The molecule has 2 aromatic rings. The molecular formula is C13H15N3O2. The van der Waals surface area contributed by atoms with Gasteiger partial charge in [0, 0.05) is 18.7 Å². The van der Waals surface area contributed by atoms with E-state index in [-0.39, 0.29) is 0 Å². The Morgan fingerprint density at radius 2 is 1.83 bits per heavy atom. The zero-order valence-electron chi connectivity index (χ0n) is 10.4. The van der Waals surface area contributed by atoms with Crippen molar-refractivity contribution in [1.29, 1.82) is 0 Å². The number of nitrogen functional groups attached to an aromatic ring is 1. The molecule has 2 N–H and O–H groups in total. The van der Waals surface area contributed by atoms with Crippen molar-refractivity contribution in [3.05, 3.63) is 23.8 Å². The van der Waals surface area contributed by atoms with Gasteiger partial charge in [0.2, 0.25) is 0 Å². The number of nitrogens with zero attached hydrogens (tertiary/aromatic N) is 2. The highest BCUT2D eigenvalue weighted by molar-refractivity contribution is 5.70. The fraction of sp³-hybridized carbons (Fsp3) is 0.308. The number of aromatic nitrogens is 2. The molecule has 0 aliphatic carbocycles. The quantitative estimate of drug-likeness (QED) is 0.831. The van der Waals surface area contributed by atoms with E-state index in [1.807, 2.05) is 32.2 Å². The van der Waals surface area contributed by atoms with Gasteiger partial charge in [0.25, 0.3) is 0 Å². The Morgan fingerprint density at radius 3 is 2.44 bits per heavy atom. The summed E-state index contributed by atoms with van der Waals surface area (Å²) in [4.78, 5) is 0. The molecule has 0 bridgehead atoms. The van der Waals surface area contributed by atoms with Crippen LogP contribution in [-0.4, -0.2) is 23.0 Å². The van der Waals surface area contributed by atoms with Gasteiger partial charge in [-0.05, 0) is 24.6 Å². The van der Waals surface area contributed by atoms with E-state index in [0.29, 0.717) is 19.0 Å². The number of rotatable bonds is 1. The van der Waals surface area contributed by atoms with Gasteiger partial charge in [-0.1, -0.05) is 0 Å². The Hall–Kier alpha value is -2.17. The first kappa shape index (κ1) is 11.0. The molecule has 5 nitrogen and oxygen atoms in total. The number of hydrogen-bond acceptors (Lipinski definition) is 4. The minimum atomic E-state index is 0.516. The van der Waals surface area contributed by atoms with E-state index >= 15 is 0 Å². The molecule has 0 amide bonds. The molecule has 0 saturated heterocycles. The van der Waals surface area contributed by atoms with Gasteiger partial charge in [-0.2, -0.15) is 5.10 Å². The van der Waals surface area contributed by atoms with Crippen LogP contribution in [0, 0.1) is 6.92 Å². The third kappa shape index (κ3) is 1.68.